The van der Waals surface area contributed by atoms with Crippen LogP contribution in [-0.4, -0.2) is 28.0 Å². The van der Waals surface area contributed by atoms with Crippen LogP contribution in [0, 0.1) is 16.0 Å². The third-order valence-electron chi connectivity index (χ3n) is 4.19. The van der Waals surface area contributed by atoms with Crippen LogP contribution in [0.5, 0.6) is 0 Å². The fraction of sp³-hybridized carbons (Fsp3) is 0.300. The van der Waals surface area contributed by atoms with Gasteiger partial charge in [0.05, 0.1) is 10.5 Å². The minimum atomic E-state index is -1.24. The number of carboxylic acids is 1. The first-order chi connectivity index (χ1) is 13.3. The van der Waals surface area contributed by atoms with Crippen molar-refractivity contribution in [1.82, 2.24) is 5.32 Å². The van der Waals surface area contributed by atoms with Gasteiger partial charge in [-0.25, -0.2) is 4.79 Å². The Morgan fingerprint density at radius 1 is 1.18 bits per heavy atom. The lowest BCUT2D eigenvalue weighted by atomic mass is 10.0. The van der Waals surface area contributed by atoms with Crippen molar-refractivity contribution in [2.75, 3.05) is 0 Å². The topological polar surface area (TPSA) is 119 Å². The van der Waals surface area contributed by atoms with Crippen LogP contribution in [0.2, 0.25) is 0 Å². The summed E-state index contributed by atoms with van der Waals surface area (Å²) in [6.07, 6.45) is 0. The summed E-state index contributed by atoms with van der Waals surface area (Å²) in [5.41, 5.74) is 0.667. The first-order valence-corrected chi connectivity index (χ1v) is 8.74. The van der Waals surface area contributed by atoms with Crippen LogP contribution in [-0.2, 0) is 22.7 Å². The number of esters is 1. The van der Waals surface area contributed by atoms with Gasteiger partial charge in [0, 0.05) is 18.2 Å². The number of benzene rings is 2. The monoisotopic (exact) mass is 386 g/mol. The molecule has 0 aliphatic heterocycles. The highest BCUT2D eigenvalue weighted by Gasteiger charge is 2.25. The maximum atomic E-state index is 12.4. The van der Waals surface area contributed by atoms with Crippen LogP contribution >= 0.6 is 0 Å². The third-order valence-corrected chi connectivity index (χ3v) is 4.19. The van der Waals surface area contributed by atoms with E-state index in [0.29, 0.717) is 0 Å². The molecule has 0 aliphatic carbocycles. The molecule has 0 heterocycles. The Kier molecular flexibility index (Phi) is 7.22. The summed E-state index contributed by atoms with van der Waals surface area (Å²) >= 11 is 0. The first-order valence-electron chi connectivity index (χ1n) is 8.74. The fourth-order valence-electron chi connectivity index (χ4n) is 2.65. The molecule has 8 heteroatoms. The Hall–Kier alpha value is -3.26. The molecule has 0 saturated carbocycles. The number of nitrogens with one attached hydrogen (secondary N) is 1. The van der Waals surface area contributed by atoms with E-state index in [1.807, 2.05) is 44.2 Å². The van der Waals surface area contributed by atoms with Crippen LogP contribution in [0.3, 0.4) is 0 Å². The molecule has 0 amide bonds. The molecule has 0 bridgehead atoms. The molecule has 0 spiro atoms. The minimum absolute atomic E-state index is 0.0273. The molecule has 148 valence electrons. The smallest absolute Gasteiger partial charge is 0.335 e. The van der Waals surface area contributed by atoms with Crippen molar-refractivity contribution in [3.63, 3.8) is 0 Å². The van der Waals surface area contributed by atoms with E-state index in [2.05, 4.69) is 5.32 Å². The van der Waals surface area contributed by atoms with Gasteiger partial charge in [-0.3, -0.25) is 20.2 Å². The van der Waals surface area contributed by atoms with Gasteiger partial charge in [-0.15, -0.1) is 0 Å². The van der Waals surface area contributed by atoms with Crippen molar-refractivity contribution in [3.8, 4) is 0 Å². The molecule has 8 nitrogen and oxygen atoms in total. The van der Waals surface area contributed by atoms with E-state index in [1.54, 1.807) is 0 Å². The van der Waals surface area contributed by atoms with Crippen molar-refractivity contribution < 1.29 is 24.4 Å². The number of nitro groups is 1. The maximum absolute atomic E-state index is 12.4. The standard InChI is InChI=1S/C20H22N2O6/c1-13(2)18(20(25)28-12-14-6-4-3-5-7-14)21-11-16-9-8-15(19(23)24)10-17(16)22(26)27/h3-10,13,18,21H,11-12H2,1-2H3,(H,23,24)/t18-/m0/s1. The van der Waals surface area contributed by atoms with Gasteiger partial charge in [0.2, 0.25) is 0 Å². The number of rotatable bonds is 9. The number of hydrogen-bond donors (Lipinski definition) is 2. The summed E-state index contributed by atoms with van der Waals surface area (Å²) in [6, 6.07) is 12.3. The number of carboxylic acid groups (broad SMARTS) is 1. The van der Waals surface area contributed by atoms with Crippen molar-refractivity contribution in [2.24, 2.45) is 5.92 Å². The van der Waals surface area contributed by atoms with E-state index >= 15 is 0 Å². The number of aromatic carboxylic acids is 1. The quantitative estimate of drug-likeness (QED) is 0.386. The third kappa shape index (κ3) is 5.62. The van der Waals surface area contributed by atoms with Crippen LogP contribution in [0.25, 0.3) is 0 Å². The van der Waals surface area contributed by atoms with Crippen molar-refractivity contribution in [2.45, 2.75) is 33.0 Å². The van der Waals surface area contributed by atoms with E-state index in [-0.39, 0.29) is 35.9 Å². The fourth-order valence-corrected chi connectivity index (χ4v) is 2.65. The number of carbonyl (C=O) groups excluding carboxylic acids is 1. The lowest BCUT2D eigenvalue weighted by Gasteiger charge is -2.21. The van der Waals surface area contributed by atoms with Crippen molar-refractivity contribution in [3.05, 3.63) is 75.3 Å². The number of nitro benzene ring substituents is 1. The molecule has 2 rings (SSSR count). The van der Waals surface area contributed by atoms with Gasteiger partial charge in [-0.2, -0.15) is 0 Å². The number of ether oxygens (including phenoxy) is 1. The second-order valence-electron chi connectivity index (χ2n) is 6.60. The Morgan fingerprint density at radius 3 is 2.43 bits per heavy atom. The maximum Gasteiger partial charge on any atom is 0.335 e. The largest absolute Gasteiger partial charge is 0.478 e. The van der Waals surface area contributed by atoms with Crippen molar-refractivity contribution >= 4 is 17.6 Å². The molecule has 28 heavy (non-hydrogen) atoms. The highest BCUT2D eigenvalue weighted by atomic mass is 16.6. The minimum Gasteiger partial charge on any atom is -0.478 e. The highest BCUT2D eigenvalue weighted by Crippen LogP contribution is 2.21. The van der Waals surface area contributed by atoms with Gasteiger partial charge in [-0.1, -0.05) is 50.2 Å². The summed E-state index contributed by atoms with van der Waals surface area (Å²) in [4.78, 5) is 34.1. The van der Waals surface area contributed by atoms with E-state index in [4.69, 9.17) is 9.84 Å². The first kappa shape index (κ1) is 21.0. The van der Waals surface area contributed by atoms with Crippen LogP contribution in [0.4, 0.5) is 5.69 Å². The van der Waals surface area contributed by atoms with Gasteiger partial charge < -0.3 is 9.84 Å². The predicted octanol–water partition coefficient (Wildman–Crippen LogP) is 3.15. The molecule has 2 N–H and O–H groups in total. The van der Waals surface area contributed by atoms with E-state index < -0.39 is 22.9 Å². The second-order valence-corrected chi connectivity index (χ2v) is 6.60. The Bertz CT molecular complexity index is 851. The number of carbonyl (C=O) groups is 2. The summed E-state index contributed by atoms with van der Waals surface area (Å²) in [6.45, 7) is 3.84. The molecule has 0 unspecified atom stereocenters. The molecule has 2 aromatic carbocycles. The average molecular weight is 386 g/mol. The van der Waals surface area contributed by atoms with Gasteiger partial charge in [0.25, 0.3) is 5.69 Å². The molecule has 0 saturated heterocycles. The molecule has 0 aromatic heterocycles. The predicted molar refractivity (Wildman–Crippen MR) is 102 cm³/mol. The molecular weight excluding hydrogens is 364 g/mol. The summed E-state index contributed by atoms with van der Waals surface area (Å²) in [7, 11) is 0. The molecule has 2 aromatic rings. The zero-order valence-corrected chi connectivity index (χ0v) is 15.6. The lowest BCUT2D eigenvalue weighted by Crippen LogP contribution is -2.41. The van der Waals surface area contributed by atoms with E-state index in [0.717, 1.165) is 11.6 Å². The summed E-state index contributed by atoms with van der Waals surface area (Å²) in [5.74, 6) is -1.81. The zero-order valence-electron chi connectivity index (χ0n) is 15.6. The summed E-state index contributed by atoms with van der Waals surface area (Å²) in [5, 5.41) is 23.2. The van der Waals surface area contributed by atoms with Gasteiger partial charge in [-0.05, 0) is 17.5 Å². The Morgan fingerprint density at radius 2 is 1.86 bits per heavy atom. The normalized spacial score (nSPS) is 11.8. The van der Waals surface area contributed by atoms with Crippen LogP contribution < -0.4 is 5.32 Å². The summed E-state index contributed by atoms with van der Waals surface area (Å²) < 4.78 is 5.36. The van der Waals surface area contributed by atoms with Gasteiger partial charge in [0.15, 0.2) is 0 Å². The SMILES string of the molecule is CC(C)[C@H](NCc1ccc(C(=O)O)cc1[N+](=O)[O-])C(=O)OCc1ccccc1. The van der Waals surface area contributed by atoms with E-state index in [1.165, 1.54) is 12.1 Å². The number of hydrogen-bond acceptors (Lipinski definition) is 6. The molecule has 1 atom stereocenters. The zero-order chi connectivity index (χ0) is 20.7. The highest BCUT2D eigenvalue weighted by molar-refractivity contribution is 5.88. The van der Waals surface area contributed by atoms with Crippen LogP contribution in [0.1, 0.15) is 35.3 Å². The van der Waals surface area contributed by atoms with Crippen molar-refractivity contribution in [1.29, 1.82) is 0 Å². The van der Waals surface area contributed by atoms with Crippen LogP contribution in [0.15, 0.2) is 48.5 Å². The van der Waals surface area contributed by atoms with Gasteiger partial charge in [0.1, 0.15) is 12.6 Å². The average Bonchev–Trinajstić information content (AvgIpc) is 2.66. The lowest BCUT2D eigenvalue weighted by molar-refractivity contribution is -0.385. The van der Waals surface area contributed by atoms with E-state index in [9.17, 15) is 19.7 Å². The molecular formula is C20H22N2O6. The second kappa shape index (κ2) is 9.61. The number of nitrogens with zero attached hydrogens (tertiary/aromatic N) is 1. The molecule has 0 aliphatic rings. The molecule has 0 fully saturated rings. The van der Waals surface area contributed by atoms with Gasteiger partial charge >= 0.3 is 11.9 Å². The molecule has 0 radical (unpaired) electrons. The Balaban J connectivity index is 2.07. The Labute approximate surface area is 162 Å².